The number of benzene rings is 3. The van der Waals surface area contributed by atoms with Crippen LogP contribution in [0, 0.1) is 0 Å². The van der Waals surface area contributed by atoms with E-state index in [0.717, 1.165) is 66.5 Å². The minimum absolute atomic E-state index is 0.761. The number of ether oxygens (including phenoxy) is 2. The lowest BCUT2D eigenvalue weighted by Gasteiger charge is -2.36. The Bertz CT molecular complexity index is 1180. The van der Waals surface area contributed by atoms with Crippen molar-refractivity contribution in [1.29, 1.82) is 0 Å². The van der Waals surface area contributed by atoms with E-state index in [1.807, 2.05) is 30.3 Å². The fourth-order valence-electron chi connectivity index (χ4n) is 4.39. The molecule has 164 valence electrons. The molecule has 3 aromatic carbocycles. The normalized spacial score (nSPS) is 14.6. The number of fused-ring (bicyclic) bond motifs is 1. The lowest BCUT2D eigenvalue weighted by atomic mass is 10.1. The molecule has 32 heavy (non-hydrogen) atoms. The van der Waals surface area contributed by atoms with Crippen molar-refractivity contribution in [2.45, 2.75) is 6.54 Å². The van der Waals surface area contributed by atoms with E-state index in [2.05, 4.69) is 52.3 Å². The SMILES string of the molecule is COc1ccc(-c2cc3c(CN4CCN(c5ccccc5)CC4)ccc(OC)c3o2)cc1. The van der Waals surface area contributed by atoms with Crippen LogP contribution in [0.5, 0.6) is 11.5 Å². The van der Waals surface area contributed by atoms with Crippen LogP contribution in [0.15, 0.2) is 77.2 Å². The Morgan fingerprint density at radius 1 is 0.812 bits per heavy atom. The summed E-state index contributed by atoms with van der Waals surface area (Å²) in [4.78, 5) is 4.97. The van der Waals surface area contributed by atoms with Crippen molar-refractivity contribution in [2.24, 2.45) is 0 Å². The Morgan fingerprint density at radius 2 is 1.56 bits per heavy atom. The molecule has 5 rings (SSSR count). The number of hydrogen-bond acceptors (Lipinski definition) is 5. The summed E-state index contributed by atoms with van der Waals surface area (Å²) in [7, 11) is 3.36. The minimum atomic E-state index is 0.761. The molecule has 5 nitrogen and oxygen atoms in total. The molecule has 0 bridgehead atoms. The van der Waals surface area contributed by atoms with E-state index in [0.29, 0.717) is 0 Å². The van der Waals surface area contributed by atoms with Gasteiger partial charge >= 0.3 is 0 Å². The van der Waals surface area contributed by atoms with E-state index in [1.165, 1.54) is 11.3 Å². The second kappa shape index (κ2) is 8.97. The van der Waals surface area contributed by atoms with Crippen LogP contribution in [-0.4, -0.2) is 45.3 Å². The van der Waals surface area contributed by atoms with Gasteiger partial charge in [0.1, 0.15) is 11.5 Å². The largest absolute Gasteiger partial charge is 0.497 e. The summed E-state index contributed by atoms with van der Waals surface area (Å²) in [6.45, 7) is 5.03. The summed E-state index contributed by atoms with van der Waals surface area (Å²) in [5, 5.41) is 1.11. The predicted octanol–water partition coefficient (Wildman–Crippen LogP) is 5.44. The standard InChI is InChI=1S/C27H28N2O3/c1-30-23-11-8-20(9-12-23)26-18-24-21(10-13-25(31-2)27(24)32-26)19-28-14-16-29(17-15-28)22-6-4-3-5-7-22/h3-13,18H,14-17,19H2,1-2H3. The van der Waals surface area contributed by atoms with Crippen LogP contribution in [0.1, 0.15) is 5.56 Å². The van der Waals surface area contributed by atoms with Gasteiger partial charge < -0.3 is 18.8 Å². The Hall–Kier alpha value is -3.44. The second-order valence-corrected chi connectivity index (χ2v) is 8.11. The molecule has 1 fully saturated rings. The van der Waals surface area contributed by atoms with Crippen molar-refractivity contribution in [3.8, 4) is 22.8 Å². The third-order valence-corrected chi connectivity index (χ3v) is 6.22. The zero-order valence-electron chi connectivity index (χ0n) is 18.6. The first-order valence-electron chi connectivity index (χ1n) is 11.0. The molecule has 0 atom stereocenters. The van der Waals surface area contributed by atoms with E-state index in [1.54, 1.807) is 14.2 Å². The molecule has 1 aliphatic heterocycles. The Balaban J connectivity index is 1.37. The molecule has 0 N–H and O–H groups in total. The van der Waals surface area contributed by atoms with Gasteiger partial charge in [0.25, 0.3) is 0 Å². The molecule has 5 heteroatoms. The van der Waals surface area contributed by atoms with Gasteiger partial charge in [-0.15, -0.1) is 0 Å². The van der Waals surface area contributed by atoms with Crippen LogP contribution in [0.3, 0.4) is 0 Å². The molecule has 1 aromatic heterocycles. The van der Waals surface area contributed by atoms with Crippen molar-refractivity contribution >= 4 is 16.7 Å². The molecule has 0 amide bonds. The molecule has 0 unspecified atom stereocenters. The van der Waals surface area contributed by atoms with Gasteiger partial charge in [0.15, 0.2) is 11.3 Å². The smallest absolute Gasteiger partial charge is 0.176 e. The van der Waals surface area contributed by atoms with Crippen LogP contribution < -0.4 is 14.4 Å². The molecule has 2 heterocycles. The molecule has 0 saturated carbocycles. The van der Waals surface area contributed by atoms with Gasteiger partial charge in [0.05, 0.1) is 14.2 Å². The number of hydrogen-bond donors (Lipinski definition) is 0. The summed E-state index contributed by atoms with van der Waals surface area (Å²) in [5.74, 6) is 2.43. The average Bonchev–Trinajstić information content (AvgIpc) is 3.31. The van der Waals surface area contributed by atoms with E-state index in [4.69, 9.17) is 13.9 Å². The van der Waals surface area contributed by atoms with Gasteiger partial charge in [0.2, 0.25) is 0 Å². The number of nitrogens with zero attached hydrogens (tertiary/aromatic N) is 2. The van der Waals surface area contributed by atoms with E-state index in [-0.39, 0.29) is 0 Å². The Kier molecular flexibility index (Phi) is 5.73. The van der Waals surface area contributed by atoms with Crippen molar-refractivity contribution < 1.29 is 13.9 Å². The minimum Gasteiger partial charge on any atom is -0.497 e. The molecular formula is C27H28N2O3. The Labute approximate surface area is 188 Å². The third-order valence-electron chi connectivity index (χ3n) is 6.22. The zero-order valence-corrected chi connectivity index (χ0v) is 18.6. The molecule has 0 radical (unpaired) electrons. The average molecular weight is 429 g/mol. The highest BCUT2D eigenvalue weighted by molar-refractivity contribution is 5.90. The fraction of sp³-hybridized carbons (Fsp3) is 0.259. The van der Waals surface area contributed by atoms with Crippen LogP contribution in [-0.2, 0) is 6.54 Å². The van der Waals surface area contributed by atoms with Crippen molar-refractivity contribution in [2.75, 3.05) is 45.3 Å². The summed E-state index contributed by atoms with van der Waals surface area (Å²) in [5.41, 5.74) is 4.39. The van der Waals surface area contributed by atoms with Crippen molar-refractivity contribution in [3.63, 3.8) is 0 Å². The summed E-state index contributed by atoms with van der Waals surface area (Å²) in [6, 6.07) is 24.9. The van der Waals surface area contributed by atoms with Gasteiger partial charge in [-0.25, -0.2) is 0 Å². The van der Waals surface area contributed by atoms with Crippen molar-refractivity contribution in [1.82, 2.24) is 4.90 Å². The maximum absolute atomic E-state index is 6.26. The molecule has 4 aromatic rings. The topological polar surface area (TPSA) is 38.1 Å². The van der Waals surface area contributed by atoms with E-state index in [9.17, 15) is 0 Å². The molecule has 1 aliphatic rings. The number of furan rings is 1. The molecular weight excluding hydrogens is 400 g/mol. The summed E-state index contributed by atoms with van der Waals surface area (Å²) >= 11 is 0. The first kappa shape index (κ1) is 20.5. The van der Waals surface area contributed by atoms with Crippen LogP contribution in [0.4, 0.5) is 5.69 Å². The lowest BCUT2D eigenvalue weighted by molar-refractivity contribution is 0.250. The maximum Gasteiger partial charge on any atom is 0.176 e. The highest BCUT2D eigenvalue weighted by Gasteiger charge is 2.20. The number of rotatable bonds is 6. The van der Waals surface area contributed by atoms with Gasteiger partial charge in [-0.1, -0.05) is 24.3 Å². The lowest BCUT2D eigenvalue weighted by Crippen LogP contribution is -2.45. The monoisotopic (exact) mass is 428 g/mol. The number of piperazine rings is 1. The number of para-hydroxylation sites is 1. The maximum atomic E-state index is 6.26. The number of anilines is 1. The van der Waals surface area contributed by atoms with Crippen LogP contribution in [0.2, 0.25) is 0 Å². The number of methoxy groups -OCH3 is 2. The predicted molar refractivity (Wildman–Crippen MR) is 129 cm³/mol. The van der Waals surface area contributed by atoms with Crippen LogP contribution in [0.25, 0.3) is 22.3 Å². The van der Waals surface area contributed by atoms with E-state index < -0.39 is 0 Å². The van der Waals surface area contributed by atoms with Crippen molar-refractivity contribution in [3.05, 3.63) is 78.4 Å². The summed E-state index contributed by atoms with van der Waals surface area (Å²) < 4.78 is 17.1. The first-order chi connectivity index (χ1) is 15.7. The Morgan fingerprint density at radius 3 is 2.25 bits per heavy atom. The third kappa shape index (κ3) is 4.04. The molecule has 1 saturated heterocycles. The summed E-state index contributed by atoms with van der Waals surface area (Å²) in [6.07, 6.45) is 0. The van der Waals surface area contributed by atoms with E-state index >= 15 is 0 Å². The first-order valence-corrected chi connectivity index (χ1v) is 11.0. The molecule has 0 aliphatic carbocycles. The highest BCUT2D eigenvalue weighted by Crippen LogP contribution is 2.36. The highest BCUT2D eigenvalue weighted by atomic mass is 16.5. The van der Waals surface area contributed by atoms with Crippen LogP contribution >= 0.6 is 0 Å². The second-order valence-electron chi connectivity index (χ2n) is 8.11. The van der Waals surface area contributed by atoms with Gasteiger partial charge in [0, 0.05) is 49.4 Å². The van der Waals surface area contributed by atoms with Gasteiger partial charge in [-0.05, 0) is 54.1 Å². The zero-order chi connectivity index (χ0) is 21.9. The van der Waals surface area contributed by atoms with Gasteiger partial charge in [-0.3, -0.25) is 4.90 Å². The fourth-order valence-corrected chi connectivity index (χ4v) is 4.39. The molecule has 0 spiro atoms. The quantitative estimate of drug-likeness (QED) is 0.409. The van der Waals surface area contributed by atoms with Gasteiger partial charge in [-0.2, -0.15) is 0 Å².